The van der Waals surface area contributed by atoms with Gasteiger partial charge in [0.05, 0.1) is 0 Å². The molecule has 0 radical (unpaired) electrons. The molecule has 0 aliphatic carbocycles. The maximum absolute atomic E-state index is 5.56. The third-order valence-corrected chi connectivity index (χ3v) is 5.65. The molecule has 2 nitrogen and oxygen atoms in total. The molecule has 2 atom stereocenters. The Morgan fingerprint density at radius 2 is 0.958 bits per heavy atom. The largest absolute Gasteiger partial charge is 0.330 e. The van der Waals surface area contributed by atoms with E-state index in [4.69, 9.17) is 11.5 Å². The highest BCUT2D eigenvalue weighted by Crippen LogP contribution is 2.27. The third kappa shape index (κ3) is 15.4. The molecule has 4 N–H and O–H groups in total. The number of rotatable bonds is 18. The van der Waals surface area contributed by atoms with Crippen LogP contribution in [0.2, 0.25) is 0 Å². The summed E-state index contributed by atoms with van der Waals surface area (Å²) in [5.74, 6) is 2.69. The SMILES string of the molecule is CC(CCCCCCCN)CCC(CCCCCCCN)C(C)C. The number of nitrogens with two attached hydrogens (primary N) is 2. The van der Waals surface area contributed by atoms with Gasteiger partial charge in [-0.1, -0.05) is 91.4 Å². The van der Waals surface area contributed by atoms with Gasteiger partial charge < -0.3 is 11.5 Å². The molecule has 0 aliphatic rings. The van der Waals surface area contributed by atoms with E-state index in [1.54, 1.807) is 0 Å². The fourth-order valence-electron chi connectivity index (χ4n) is 3.70. The first kappa shape index (κ1) is 23.9. The highest BCUT2D eigenvalue weighted by Gasteiger charge is 2.14. The Kier molecular flexibility index (Phi) is 17.7. The van der Waals surface area contributed by atoms with E-state index in [0.717, 1.165) is 30.8 Å². The van der Waals surface area contributed by atoms with Gasteiger partial charge in [-0.2, -0.15) is 0 Å². The van der Waals surface area contributed by atoms with Crippen molar-refractivity contribution in [1.29, 1.82) is 0 Å². The van der Waals surface area contributed by atoms with Gasteiger partial charge in [0.2, 0.25) is 0 Å². The average molecular weight is 341 g/mol. The van der Waals surface area contributed by atoms with Gasteiger partial charge >= 0.3 is 0 Å². The lowest BCUT2D eigenvalue weighted by molar-refractivity contribution is 0.292. The molecule has 0 rings (SSSR count). The lowest BCUT2D eigenvalue weighted by Gasteiger charge is -2.23. The second-order valence-corrected chi connectivity index (χ2v) is 8.38. The van der Waals surface area contributed by atoms with Crippen LogP contribution in [0.15, 0.2) is 0 Å². The van der Waals surface area contributed by atoms with Crippen molar-refractivity contribution in [3.8, 4) is 0 Å². The van der Waals surface area contributed by atoms with Gasteiger partial charge in [0, 0.05) is 0 Å². The Labute approximate surface area is 153 Å². The standard InChI is InChI=1S/C22H48N2/c1-20(2)22(15-11-7-5-9-13-19-24)17-16-21(3)14-10-6-4-8-12-18-23/h20-22H,4-19,23-24H2,1-3H3. The summed E-state index contributed by atoms with van der Waals surface area (Å²) in [5.41, 5.74) is 11.1. The molecule has 0 spiro atoms. The summed E-state index contributed by atoms with van der Waals surface area (Å²) in [7, 11) is 0. The Bertz CT molecular complexity index is 240. The van der Waals surface area contributed by atoms with Gasteiger partial charge in [0.15, 0.2) is 0 Å². The van der Waals surface area contributed by atoms with Crippen molar-refractivity contribution in [2.75, 3.05) is 13.1 Å². The van der Waals surface area contributed by atoms with Crippen LogP contribution in [-0.2, 0) is 0 Å². The van der Waals surface area contributed by atoms with Gasteiger partial charge in [-0.25, -0.2) is 0 Å². The van der Waals surface area contributed by atoms with E-state index in [1.807, 2.05) is 0 Å². The van der Waals surface area contributed by atoms with Crippen molar-refractivity contribution in [2.24, 2.45) is 29.2 Å². The summed E-state index contributed by atoms with van der Waals surface area (Å²) in [5, 5.41) is 0. The van der Waals surface area contributed by atoms with Crippen molar-refractivity contribution in [2.45, 2.75) is 111 Å². The molecule has 0 saturated heterocycles. The predicted molar refractivity (Wildman–Crippen MR) is 110 cm³/mol. The molecule has 0 fully saturated rings. The number of hydrogen-bond donors (Lipinski definition) is 2. The van der Waals surface area contributed by atoms with Crippen LogP contribution in [0, 0.1) is 17.8 Å². The van der Waals surface area contributed by atoms with Gasteiger partial charge in [-0.15, -0.1) is 0 Å². The first-order valence-corrected chi connectivity index (χ1v) is 11.0. The van der Waals surface area contributed by atoms with Crippen LogP contribution in [0.1, 0.15) is 111 Å². The van der Waals surface area contributed by atoms with E-state index < -0.39 is 0 Å². The van der Waals surface area contributed by atoms with Crippen LogP contribution in [0.25, 0.3) is 0 Å². The minimum Gasteiger partial charge on any atom is -0.330 e. The van der Waals surface area contributed by atoms with Crippen molar-refractivity contribution in [1.82, 2.24) is 0 Å². The van der Waals surface area contributed by atoms with E-state index in [9.17, 15) is 0 Å². The second kappa shape index (κ2) is 17.7. The normalized spacial score (nSPS) is 14.2. The van der Waals surface area contributed by atoms with Crippen LogP contribution in [0.5, 0.6) is 0 Å². The van der Waals surface area contributed by atoms with Gasteiger partial charge in [0.1, 0.15) is 0 Å². The third-order valence-electron chi connectivity index (χ3n) is 5.65. The van der Waals surface area contributed by atoms with Crippen LogP contribution < -0.4 is 11.5 Å². The van der Waals surface area contributed by atoms with E-state index in [1.165, 1.54) is 89.9 Å². The Hall–Kier alpha value is -0.0800. The van der Waals surface area contributed by atoms with Gasteiger partial charge in [-0.05, 0) is 50.1 Å². The molecule has 0 aromatic carbocycles. The molecule has 0 amide bonds. The summed E-state index contributed by atoms with van der Waals surface area (Å²) in [4.78, 5) is 0. The molecule has 146 valence electrons. The maximum Gasteiger partial charge on any atom is -0.00773 e. The molecule has 0 saturated carbocycles. The molecule has 0 aromatic heterocycles. The minimum atomic E-state index is 0.845. The first-order valence-electron chi connectivity index (χ1n) is 11.0. The minimum absolute atomic E-state index is 0.845. The zero-order chi connectivity index (χ0) is 18.0. The van der Waals surface area contributed by atoms with Gasteiger partial charge in [0.25, 0.3) is 0 Å². The fourth-order valence-corrected chi connectivity index (χ4v) is 3.70. The maximum atomic E-state index is 5.56. The van der Waals surface area contributed by atoms with Crippen molar-refractivity contribution < 1.29 is 0 Å². The lowest BCUT2D eigenvalue weighted by Crippen LogP contribution is -2.11. The summed E-state index contributed by atoms with van der Waals surface area (Å²) in [6.45, 7) is 9.02. The van der Waals surface area contributed by atoms with Gasteiger partial charge in [-0.3, -0.25) is 0 Å². The van der Waals surface area contributed by atoms with Crippen LogP contribution in [-0.4, -0.2) is 13.1 Å². The molecule has 24 heavy (non-hydrogen) atoms. The van der Waals surface area contributed by atoms with Crippen LogP contribution >= 0.6 is 0 Å². The Balaban J connectivity index is 3.67. The lowest BCUT2D eigenvalue weighted by atomic mass is 9.83. The summed E-state index contributed by atoms with van der Waals surface area (Å²) < 4.78 is 0. The highest BCUT2D eigenvalue weighted by atomic mass is 14.5. The molecule has 2 heteroatoms. The molecule has 0 bridgehead atoms. The average Bonchev–Trinajstić information content (AvgIpc) is 2.56. The zero-order valence-electron chi connectivity index (χ0n) is 17.2. The first-order chi connectivity index (χ1) is 11.6. The molecular formula is C22H48N2. The summed E-state index contributed by atoms with van der Waals surface area (Å²) in [6.07, 6.45) is 19.2. The van der Waals surface area contributed by atoms with Crippen molar-refractivity contribution in [3.63, 3.8) is 0 Å². The summed E-state index contributed by atoms with van der Waals surface area (Å²) >= 11 is 0. The smallest absolute Gasteiger partial charge is 0.00773 e. The van der Waals surface area contributed by atoms with Crippen molar-refractivity contribution >= 4 is 0 Å². The van der Waals surface area contributed by atoms with E-state index in [2.05, 4.69) is 20.8 Å². The fraction of sp³-hybridized carbons (Fsp3) is 1.00. The van der Waals surface area contributed by atoms with E-state index >= 15 is 0 Å². The molecular weight excluding hydrogens is 292 g/mol. The van der Waals surface area contributed by atoms with E-state index in [-0.39, 0.29) is 0 Å². The second-order valence-electron chi connectivity index (χ2n) is 8.38. The van der Waals surface area contributed by atoms with E-state index in [0.29, 0.717) is 0 Å². The Morgan fingerprint density at radius 3 is 1.46 bits per heavy atom. The quantitative estimate of drug-likeness (QED) is 0.289. The van der Waals surface area contributed by atoms with Crippen molar-refractivity contribution in [3.05, 3.63) is 0 Å². The number of hydrogen-bond acceptors (Lipinski definition) is 2. The number of unbranched alkanes of at least 4 members (excludes halogenated alkanes) is 8. The topological polar surface area (TPSA) is 52.0 Å². The zero-order valence-corrected chi connectivity index (χ0v) is 17.2. The molecule has 0 heterocycles. The molecule has 0 aliphatic heterocycles. The monoisotopic (exact) mass is 340 g/mol. The predicted octanol–water partition coefficient (Wildman–Crippen LogP) is 6.27. The molecule has 2 unspecified atom stereocenters. The molecule has 0 aromatic rings. The van der Waals surface area contributed by atoms with Crippen LogP contribution in [0.3, 0.4) is 0 Å². The Morgan fingerprint density at radius 1 is 0.500 bits per heavy atom. The van der Waals surface area contributed by atoms with Crippen LogP contribution in [0.4, 0.5) is 0 Å². The highest BCUT2D eigenvalue weighted by molar-refractivity contribution is 4.66. The summed E-state index contributed by atoms with van der Waals surface area (Å²) in [6, 6.07) is 0.